The van der Waals surface area contributed by atoms with Gasteiger partial charge >= 0.3 is 0 Å². The molecule has 3 rings (SSSR count). The molecule has 0 unspecified atom stereocenters. The third kappa shape index (κ3) is 2.34. The summed E-state index contributed by atoms with van der Waals surface area (Å²) in [6.45, 7) is 4.64. The van der Waals surface area contributed by atoms with Crippen LogP contribution in [0.3, 0.4) is 0 Å². The SMILES string of the molecule is CCCn1cncc1Cn1ccc2cc(CN)ccc21. The Bertz CT molecular complexity index is 708. The van der Waals surface area contributed by atoms with E-state index in [2.05, 4.69) is 51.5 Å². The predicted molar refractivity (Wildman–Crippen MR) is 81.4 cm³/mol. The Kier molecular flexibility index (Phi) is 3.56. The van der Waals surface area contributed by atoms with Gasteiger partial charge in [-0.05, 0) is 35.6 Å². The summed E-state index contributed by atoms with van der Waals surface area (Å²) in [7, 11) is 0. The van der Waals surface area contributed by atoms with Crippen molar-refractivity contribution in [2.24, 2.45) is 5.73 Å². The number of hydrogen-bond donors (Lipinski definition) is 1. The minimum Gasteiger partial charge on any atom is -0.341 e. The number of aryl methyl sites for hydroxylation is 1. The van der Waals surface area contributed by atoms with E-state index in [0.717, 1.165) is 19.5 Å². The molecule has 0 aliphatic heterocycles. The second-order valence-electron chi connectivity index (χ2n) is 5.12. The van der Waals surface area contributed by atoms with Crippen molar-refractivity contribution in [2.45, 2.75) is 33.0 Å². The fraction of sp³-hybridized carbons (Fsp3) is 0.312. The molecule has 3 aromatic rings. The lowest BCUT2D eigenvalue weighted by Gasteiger charge is -2.09. The zero-order valence-electron chi connectivity index (χ0n) is 11.8. The second kappa shape index (κ2) is 5.51. The minimum atomic E-state index is 0.588. The van der Waals surface area contributed by atoms with Crippen LogP contribution in [-0.2, 0) is 19.6 Å². The number of imidazole rings is 1. The van der Waals surface area contributed by atoms with Gasteiger partial charge in [-0.3, -0.25) is 0 Å². The Labute approximate surface area is 118 Å². The Morgan fingerprint density at radius 3 is 2.90 bits per heavy atom. The van der Waals surface area contributed by atoms with Crippen LogP contribution in [0.25, 0.3) is 10.9 Å². The van der Waals surface area contributed by atoms with E-state index in [1.54, 1.807) is 0 Å². The largest absolute Gasteiger partial charge is 0.341 e. The first-order valence-electron chi connectivity index (χ1n) is 7.08. The second-order valence-corrected chi connectivity index (χ2v) is 5.12. The Hall–Kier alpha value is -2.07. The summed E-state index contributed by atoms with van der Waals surface area (Å²) in [6, 6.07) is 8.56. The van der Waals surface area contributed by atoms with E-state index in [9.17, 15) is 0 Å². The normalized spacial score (nSPS) is 11.3. The van der Waals surface area contributed by atoms with Crippen LogP contribution in [0, 0.1) is 0 Å². The van der Waals surface area contributed by atoms with Crippen molar-refractivity contribution in [1.29, 1.82) is 0 Å². The van der Waals surface area contributed by atoms with Gasteiger partial charge in [-0.25, -0.2) is 4.98 Å². The quantitative estimate of drug-likeness (QED) is 0.773. The maximum Gasteiger partial charge on any atom is 0.0948 e. The summed E-state index contributed by atoms with van der Waals surface area (Å²) in [5.41, 5.74) is 9.35. The highest BCUT2D eigenvalue weighted by molar-refractivity contribution is 5.81. The van der Waals surface area contributed by atoms with Gasteiger partial charge in [0.15, 0.2) is 0 Å². The fourth-order valence-electron chi connectivity index (χ4n) is 2.61. The van der Waals surface area contributed by atoms with Crippen molar-refractivity contribution >= 4 is 10.9 Å². The van der Waals surface area contributed by atoms with Crippen molar-refractivity contribution in [1.82, 2.24) is 14.1 Å². The maximum absolute atomic E-state index is 5.69. The van der Waals surface area contributed by atoms with Crippen molar-refractivity contribution in [3.63, 3.8) is 0 Å². The number of fused-ring (bicyclic) bond motifs is 1. The summed E-state index contributed by atoms with van der Waals surface area (Å²) >= 11 is 0. The van der Waals surface area contributed by atoms with Crippen molar-refractivity contribution < 1.29 is 0 Å². The molecule has 0 bridgehead atoms. The molecule has 0 aliphatic rings. The van der Waals surface area contributed by atoms with Crippen LogP contribution in [0.15, 0.2) is 43.0 Å². The molecule has 0 aliphatic carbocycles. The van der Waals surface area contributed by atoms with Gasteiger partial charge in [0.2, 0.25) is 0 Å². The monoisotopic (exact) mass is 268 g/mol. The zero-order chi connectivity index (χ0) is 13.9. The van der Waals surface area contributed by atoms with Crippen LogP contribution in [-0.4, -0.2) is 14.1 Å². The van der Waals surface area contributed by atoms with Gasteiger partial charge in [0.05, 0.1) is 18.6 Å². The molecular formula is C16H20N4. The summed E-state index contributed by atoms with van der Waals surface area (Å²) in [5.74, 6) is 0. The van der Waals surface area contributed by atoms with Crippen molar-refractivity contribution in [2.75, 3.05) is 0 Å². The van der Waals surface area contributed by atoms with Crippen LogP contribution < -0.4 is 5.73 Å². The number of aromatic nitrogens is 3. The van der Waals surface area contributed by atoms with E-state index >= 15 is 0 Å². The van der Waals surface area contributed by atoms with Crippen LogP contribution in [0.5, 0.6) is 0 Å². The lowest BCUT2D eigenvalue weighted by atomic mass is 10.1. The molecule has 0 fully saturated rings. The Morgan fingerprint density at radius 1 is 1.20 bits per heavy atom. The molecule has 2 N–H and O–H groups in total. The molecule has 0 spiro atoms. The van der Waals surface area contributed by atoms with Gasteiger partial charge in [0, 0.05) is 31.0 Å². The number of nitrogens with two attached hydrogens (primary N) is 1. The smallest absolute Gasteiger partial charge is 0.0948 e. The van der Waals surface area contributed by atoms with E-state index in [0.29, 0.717) is 6.54 Å². The van der Waals surface area contributed by atoms with Gasteiger partial charge in [0.1, 0.15) is 0 Å². The predicted octanol–water partition coefficient (Wildman–Crippen LogP) is 2.75. The molecule has 104 valence electrons. The molecule has 1 aromatic carbocycles. The average molecular weight is 268 g/mol. The lowest BCUT2D eigenvalue weighted by molar-refractivity contribution is 0.629. The molecule has 0 amide bonds. The number of benzene rings is 1. The fourth-order valence-corrected chi connectivity index (χ4v) is 2.61. The first-order valence-corrected chi connectivity index (χ1v) is 7.08. The van der Waals surface area contributed by atoms with Crippen LogP contribution in [0.1, 0.15) is 24.6 Å². The third-order valence-corrected chi connectivity index (χ3v) is 3.67. The molecule has 0 radical (unpaired) electrons. The van der Waals surface area contributed by atoms with Gasteiger partial charge in [0.25, 0.3) is 0 Å². The first-order chi connectivity index (χ1) is 9.81. The van der Waals surface area contributed by atoms with E-state index < -0.39 is 0 Å². The number of nitrogens with zero attached hydrogens (tertiary/aromatic N) is 3. The van der Waals surface area contributed by atoms with E-state index in [1.165, 1.54) is 22.2 Å². The maximum atomic E-state index is 5.69. The third-order valence-electron chi connectivity index (χ3n) is 3.67. The lowest BCUT2D eigenvalue weighted by Crippen LogP contribution is -2.06. The number of hydrogen-bond acceptors (Lipinski definition) is 2. The van der Waals surface area contributed by atoms with Gasteiger partial charge in [-0.15, -0.1) is 0 Å². The molecule has 0 atom stereocenters. The Morgan fingerprint density at radius 2 is 2.10 bits per heavy atom. The van der Waals surface area contributed by atoms with Gasteiger partial charge < -0.3 is 14.9 Å². The van der Waals surface area contributed by atoms with Crippen molar-refractivity contribution in [3.8, 4) is 0 Å². The Balaban J connectivity index is 1.92. The molecule has 0 saturated carbocycles. The zero-order valence-corrected chi connectivity index (χ0v) is 11.8. The van der Waals surface area contributed by atoms with Crippen LogP contribution >= 0.6 is 0 Å². The van der Waals surface area contributed by atoms with Crippen LogP contribution in [0.4, 0.5) is 0 Å². The summed E-state index contributed by atoms with van der Waals surface area (Å²) in [4.78, 5) is 4.26. The highest BCUT2D eigenvalue weighted by Gasteiger charge is 2.06. The molecule has 2 heterocycles. The molecule has 0 saturated heterocycles. The summed E-state index contributed by atoms with van der Waals surface area (Å²) in [5, 5.41) is 1.24. The molecular weight excluding hydrogens is 248 g/mol. The van der Waals surface area contributed by atoms with Gasteiger partial charge in [-0.1, -0.05) is 13.0 Å². The molecule has 4 heteroatoms. The highest BCUT2D eigenvalue weighted by Crippen LogP contribution is 2.19. The average Bonchev–Trinajstić information content (AvgIpc) is 3.07. The van der Waals surface area contributed by atoms with E-state index in [4.69, 9.17) is 5.73 Å². The standard InChI is InChI=1S/C16H20N4/c1-2-6-20-12-18-10-15(20)11-19-7-5-14-8-13(9-17)3-4-16(14)19/h3-5,7-8,10,12H,2,6,9,11,17H2,1H3. The minimum absolute atomic E-state index is 0.588. The first kappa shape index (κ1) is 12.9. The van der Waals surface area contributed by atoms with Gasteiger partial charge in [-0.2, -0.15) is 0 Å². The molecule has 20 heavy (non-hydrogen) atoms. The van der Waals surface area contributed by atoms with E-state index in [-0.39, 0.29) is 0 Å². The summed E-state index contributed by atoms with van der Waals surface area (Å²) in [6.07, 6.45) is 7.12. The highest BCUT2D eigenvalue weighted by atomic mass is 15.1. The topological polar surface area (TPSA) is 48.8 Å². The molecule has 4 nitrogen and oxygen atoms in total. The number of rotatable bonds is 5. The molecule has 2 aromatic heterocycles. The van der Waals surface area contributed by atoms with E-state index in [1.807, 2.05) is 12.5 Å². The summed E-state index contributed by atoms with van der Waals surface area (Å²) < 4.78 is 4.49. The van der Waals surface area contributed by atoms with Crippen LogP contribution in [0.2, 0.25) is 0 Å². The van der Waals surface area contributed by atoms with Crippen molar-refractivity contribution in [3.05, 3.63) is 54.2 Å².